The molecule has 4 nitrogen and oxygen atoms in total. The number of hydrogen-bond donors (Lipinski definition) is 0. The number of rotatable bonds is 3. The van der Waals surface area contributed by atoms with E-state index in [-0.39, 0.29) is 31.1 Å². The summed E-state index contributed by atoms with van der Waals surface area (Å²) in [4.78, 5) is 8.75. The van der Waals surface area contributed by atoms with E-state index in [1.165, 1.54) is 22.9 Å². The standard InChI is InChI=1S/C29H24NO2.C12H10N.Ir/c1-17(2)18-14-15-30-23(16-18)19-8-7-9-20-26-25(32-27(19)20)13-12-22-28(26)31-24-11-6-5-10-21(24)29(22,3)4;1-10-7-8-12(13-9-10)11-5-3-2-4-6-11;/h5-7,9-17H,1-4H3;2-5,7-9H,1H3;/q2*-1;/i;1D3;. The van der Waals surface area contributed by atoms with Crippen LogP contribution in [0.3, 0.4) is 0 Å². The van der Waals surface area contributed by atoms with Crippen LogP contribution in [0.25, 0.3) is 44.5 Å². The van der Waals surface area contributed by atoms with Gasteiger partial charge in [-0.15, -0.1) is 54.1 Å². The second-order valence-electron chi connectivity index (χ2n) is 12.1. The molecule has 46 heavy (non-hydrogen) atoms. The summed E-state index contributed by atoms with van der Waals surface area (Å²) < 4.78 is 34.6. The fourth-order valence-corrected chi connectivity index (χ4v) is 5.97. The number of aryl methyl sites for hydroxylation is 1. The second-order valence-corrected chi connectivity index (χ2v) is 12.1. The van der Waals surface area contributed by atoms with Gasteiger partial charge in [0.1, 0.15) is 17.1 Å². The first-order valence-electron chi connectivity index (χ1n) is 16.6. The van der Waals surface area contributed by atoms with Gasteiger partial charge >= 0.3 is 0 Å². The average molecular weight is 782 g/mol. The molecule has 0 atom stereocenters. The number of nitrogens with zero attached hydrogens (tertiary/aromatic N) is 2. The van der Waals surface area contributed by atoms with Crippen LogP contribution in [0.5, 0.6) is 11.5 Å². The average Bonchev–Trinajstić information content (AvgIpc) is 3.48. The number of fused-ring (bicyclic) bond motifs is 6. The molecule has 0 saturated heterocycles. The number of aromatic nitrogens is 2. The third-order valence-corrected chi connectivity index (χ3v) is 8.45. The Labute approximate surface area is 288 Å². The van der Waals surface area contributed by atoms with E-state index in [0.717, 1.165) is 56.0 Å². The van der Waals surface area contributed by atoms with Crippen LogP contribution >= 0.6 is 0 Å². The zero-order valence-electron chi connectivity index (χ0n) is 29.0. The first kappa shape index (κ1) is 27.7. The van der Waals surface area contributed by atoms with Crippen molar-refractivity contribution in [2.75, 3.05) is 0 Å². The maximum atomic E-state index is 7.23. The Morgan fingerprint density at radius 1 is 0.826 bits per heavy atom. The minimum atomic E-state index is -2.09. The van der Waals surface area contributed by atoms with Crippen molar-refractivity contribution in [3.63, 3.8) is 0 Å². The summed E-state index contributed by atoms with van der Waals surface area (Å²) in [5.74, 6) is 2.21. The van der Waals surface area contributed by atoms with Crippen molar-refractivity contribution < 1.29 is 33.4 Å². The molecule has 0 aliphatic carbocycles. The molecule has 1 aliphatic rings. The van der Waals surface area contributed by atoms with Crippen molar-refractivity contribution in [3.8, 4) is 34.0 Å². The van der Waals surface area contributed by atoms with Crippen LogP contribution in [0.15, 0.2) is 114 Å². The van der Waals surface area contributed by atoms with Crippen LogP contribution in [0.4, 0.5) is 0 Å². The van der Waals surface area contributed by atoms with E-state index < -0.39 is 6.85 Å². The van der Waals surface area contributed by atoms with Gasteiger partial charge in [0, 0.05) is 53.2 Å². The Kier molecular flexibility index (Phi) is 7.63. The Bertz CT molecular complexity index is 2260. The number of ether oxygens (including phenoxy) is 1. The number of benzene rings is 4. The maximum Gasteiger partial charge on any atom is 0.141 e. The number of pyridine rings is 2. The molecule has 3 aromatic heterocycles. The SMILES string of the molecule is CC(C)c1ccnc(-c2[c-]ccc3c2oc2ccc4c(c23)Oc2ccccc2C4(C)C)c1.[2H]C([2H])([2H])c1ccc(-c2[c-]cccc2)nc1.[Ir]. The summed E-state index contributed by atoms with van der Waals surface area (Å²) in [7, 11) is 0. The molecular formula is C41H34IrN2O2-2. The van der Waals surface area contributed by atoms with E-state index in [1.54, 1.807) is 18.2 Å². The normalized spacial score (nSPS) is 14.1. The fourth-order valence-electron chi connectivity index (χ4n) is 5.97. The van der Waals surface area contributed by atoms with Crippen molar-refractivity contribution in [1.29, 1.82) is 0 Å². The Morgan fingerprint density at radius 3 is 2.43 bits per heavy atom. The van der Waals surface area contributed by atoms with Gasteiger partial charge in [-0.2, -0.15) is 0 Å². The molecule has 0 amide bonds. The van der Waals surface area contributed by atoms with Crippen molar-refractivity contribution in [2.24, 2.45) is 0 Å². The van der Waals surface area contributed by atoms with Gasteiger partial charge in [0.2, 0.25) is 0 Å². The quantitative estimate of drug-likeness (QED) is 0.168. The van der Waals surface area contributed by atoms with E-state index in [4.69, 9.17) is 13.3 Å². The summed E-state index contributed by atoms with van der Waals surface area (Å²) in [5, 5.41) is 2.04. The molecule has 0 spiro atoms. The van der Waals surface area contributed by atoms with Crippen molar-refractivity contribution in [2.45, 2.75) is 45.9 Å². The van der Waals surface area contributed by atoms with E-state index >= 15 is 0 Å². The smallest absolute Gasteiger partial charge is 0.141 e. The van der Waals surface area contributed by atoms with Gasteiger partial charge in [0.25, 0.3) is 0 Å². The molecule has 0 bridgehead atoms. The number of hydrogen-bond acceptors (Lipinski definition) is 4. The molecule has 0 unspecified atom stereocenters. The molecule has 1 aliphatic heterocycles. The molecule has 0 saturated carbocycles. The van der Waals surface area contributed by atoms with E-state index in [9.17, 15) is 0 Å². The van der Waals surface area contributed by atoms with Crippen LogP contribution < -0.4 is 4.74 Å². The Hall–Kier alpha value is -4.57. The van der Waals surface area contributed by atoms with Gasteiger partial charge in [-0.05, 0) is 47.9 Å². The van der Waals surface area contributed by atoms with Crippen LogP contribution in [0, 0.1) is 19.0 Å². The minimum Gasteiger partial charge on any atom is -0.500 e. The van der Waals surface area contributed by atoms with E-state index in [2.05, 4.69) is 92.3 Å². The van der Waals surface area contributed by atoms with Gasteiger partial charge in [-0.1, -0.05) is 86.7 Å². The zero-order chi connectivity index (χ0) is 33.6. The summed E-state index contributed by atoms with van der Waals surface area (Å²) in [6.07, 6.45) is 3.26. The fraction of sp³-hybridized carbons (Fsp3) is 0.171. The third kappa shape index (κ3) is 5.66. The maximum absolute atomic E-state index is 7.23. The predicted octanol–water partition coefficient (Wildman–Crippen LogP) is 10.9. The first-order chi connectivity index (χ1) is 23.0. The minimum absolute atomic E-state index is 0. The van der Waals surface area contributed by atoms with Crippen molar-refractivity contribution in [1.82, 2.24) is 9.97 Å². The predicted molar refractivity (Wildman–Crippen MR) is 182 cm³/mol. The van der Waals surface area contributed by atoms with Crippen LogP contribution in [0.2, 0.25) is 0 Å². The van der Waals surface area contributed by atoms with Crippen LogP contribution in [-0.4, -0.2) is 9.97 Å². The van der Waals surface area contributed by atoms with Crippen molar-refractivity contribution in [3.05, 3.63) is 144 Å². The molecule has 5 heteroatoms. The van der Waals surface area contributed by atoms with Crippen LogP contribution in [-0.2, 0) is 25.5 Å². The monoisotopic (exact) mass is 782 g/mol. The molecular weight excluding hydrogens is 745 g/mol. The zero-order valence-corrected chi connectivity index (χ0v) is 28.4. The van der Waals surface area contributed by atoms with Gasteiger partial charge in [0.15, 0.2) is 0 Å². The molecule has 0 N–H and O–H groups in total. The van der Waals surface area contributed by atoms with E-state index in [0.29, 0.717) is 5.92 Å². The van der Waals surface area contributed by atoms with Gasteiger partial charge < -0.3 is 19.1 Å². The van der Waals surface area contributed by atoms with Crippen molar-refractivity contribution >= 4 is 21.9 Å². The van der Waals surface area contributed by atoms with Gasteiger partial charge in [-0.3, -0.25) is 0 Å². The topological polar surface area (TPSA) is 48.2 Å². The molecule has 8 rings (SSSR count). The molecule has 4 heterocycles. The molecule has 4 aromatic carbocycles. The second kappa shape index (κ2) is 12.7. The van der Waals surface area contributed by atoms with Gasteiger partial charge in [0.05, 0.1) is 11.0 Å². The largest absolute Gasteiger partial charge is 0.500 e. The third-order valence-electron chi connectivity index (χ3n) is 8.45. The summed E-state index contributed by atoms with van der Waals surface area (Å²) >= 11 is 0. The molecule has 1 radical (unpaired) electrons. The summed E-state index contributed by atoms with van der Waals surface area (Å²) in [6, 6.07) is 37.9. The van der Waals surface area contributed by atoms with Gasteiger partial charge in [-0.25, -0.2) is 0 Å². The number of furan rings is 1. The molecule has 7 aromatic rings. The Morgan fingerprint density at radius 2 is 1.67 bits per heavy atom. The van der Waals surface area contributed by atoms with E-state index in [1.807, 2.05) is 42.6 Å². The summed E-state index contributed by atoms with van der Waals surface area (Å²) in [6.45, 7) is 6.79. The summed E-state index contributed by atoms with van der Waals surface area (Å²) in [5.41, 5.74) is 8.66. The van der Waals surface area contributed by atoms with Crippen LogP contribution in [0.1, 0.15) is 60.0 Å². The molecule has 231 valence electrons. The first-order valence-corrected chi connectivity index (χ1v) is 15.1. The Balaban J connectivity index is 0.000000208. The number of para-hydroxylation sites is 1. The molecule has 0 fully saturated rings.